The highest BCUT2D eigenvalue weighted by Crippen LogP contribution is 2.07. The number of aliphatic hydroxyl groups is 1. The van der Waals surface area contributed by atoms with Crippen molar-refractivity contribution in [1.29, 1.82) is 0 Å². The van der Waals surface area contributed by atoms with E-state index in [4.69, 9.17) is 5.11 Å². The summed E-state index contributed by atoms with van der Waals surface area (Å²) >= 11 is 0. The molecule has 2 aromatic rings. The lowest BCUT2D eigenvalue weighted by Gasteiger charge is -2.07. The molecule has 0 aliphatic rings. The first-order valence-corrected chi connectivity index (χ1v) is 5.68. The highest BCUT2D eigenvalue weighted by Gasteiger charge is 2.06. The molecule has 5 heteroatoms. The Morgan fingerprint density at radius 3 is 2.83 bits per heavy atom. The number of carbonyl (C=O) groups is 1. The van der Waals surface area contributed by atoms with Gasteiger partial charge in [-0.3, -0.25) is 9.59 Å². The molecule has 0 saturated heterocycles. The van der Waals surface area contributed by atoms with Crippen LogP contribution in [0.2, 0.25) is 0 Å². The average Bonchev–Trinajstić information content (AvgIpc) is 2.40. The summed E-state index contributed by atoms with van der Waals surface area (Å²) in [4.78, 5) is 23.5. The predicted octanol–water partition coefficient (Wildman–Crippen LogP) is 0.110. The van der Waals surface area contributed by atoms with Gasteiger partial charge in [-0.1, -0.05) is 18.2 Å². The van der Waals surface area contributed by atoms with E-state index in [2.05, 4.69) is 5.32 Å². The monoisotopic (exact) mass is 246 g/mol. The second kappa shape index (κ2) is 5.46. The van der Waals surface area contributed by atoms with E-state index in [0.717, 1.165) is 5.39 Å². The van der Waals surface area contributed by atoms with Crippen LogP contribution in [-0.4, -0.2) is 28.7 Å². The van der Waals surface area contributed by atoms with Crippen molar-refractivity contribution < 1.29 is 9.90 Å². The van der Waals surface area contributed by atoms with Crippen LogP contribution in [0.25, 0.3) is 10.8 Å². The minimum Gasteiger partial charge on any atom is -0.395 e. The third-order valence-corrected chi connectivity index (χ3v) is 2.63. The fraction of sp³-hybridized carbons (Fsp3) is 0.231. The first-order chi connectivity index (χ1) is 8.72. The SMILES string of the molecule is O=C(Cn1ccc2ccccc2c1=O)NCCO. The Hall–Kier alpha value is -2.14. The maximum absolute atomic E-state index is 12.1. The first kappa shape index (κ1) is 12.3. The molecule has 0 saturated carbocycles. The normalized spacial score (nSPS) is 10.5. The lowest BCUT2D eigenvalue weighted by molar-refractivity contribution is -0.121. The van der Waals surface area contributed by atoms with E-state index in [1.54, 1.807) is 24.4 Å². The molecule has 1 heterocycles. The van der Waals surface area contributed by atoms with Crippen LogP contribution < -0.4 is 10.9 Å². The van der Waals surface area contributed by atoms with Gasteiger partial charge in [0.2, 0.25) is 5.91 Å². The highest BCUT2D eigenvalue weighted by molar-refractivity contribution is 5.82. The smallest absolute Gasteiger partial charge is 0.258 e. The van der Waals surface area contributed by atoms with Crippen LogP contribution >= 0.6 is 0 Å². The fourth-order valence-corrected chi connectivity index (χ4v) is 1.76. The van der Waals surface area contributed by atoms with E-state index in [9.17, 15) is 9.59 Å². The number of aliphatic hydroxyl groups excluding tert-OH is 1. The van der Waals surface area contributed by atoms with Gasteiger partial charge in [-0.2, -0.15) is 0 Å². The Kier molecular flexibility index (Phi) is 3.74. The fourth-order valence-electron chi connectivity index (χ4n) is 1.76. The third-order valence-electron chi connectivity index (χ3n) is 2.63. The van der Waals surface area contributed by atoms with Crippen LogP contribution in [0.3, 0.4) is 0 Å². The summed E-state index contributed by atoms with van der Waals surface area (Å²) in [6.07, 6.45) is 1.60. The van der Waals surface area contributed by atoms with Gasteiger partial charge in [0, 0.05) is 18.1 Å². The van der Waals surface area contributed by atoms with Gasteiger partial charge in [-0.15, -0.1) is 0 Å². The Morgan fingerprint density at radius 2 is 2.06 bits per heavy atom. The summed E-state index contributed by atoms with van der Waals surface area (Å²) in [6, 6.07) is 9.04. The van der Waals surface area contributed by atoms with E-state index in [0.29, 0.717) is 5.39 Å². The maximum Gasteiger partial charge on any atom is 0.258 e. The third kappa shape index (κ3) is 2.57. The Bertz CT molecular complexity index is 619. The minimum atomic E-state index is -0.290. The molecule has 1 amide bonds. The Balaban J connectivity index is 2.27. The van der Waals surface area contributed by atoms with Crippen molar-refractivity contribution in [2.45, 2.75) is 6.54 Å². The molecule has 0 aliphatic carbocycles. The van der Waals surface area contributed by atoms with Crippen molar-refractivity contribution in [2.24, 2.45) is 0 Å². The number of pyridine rings is 1. The molecule has 0 unspecified atom stereocenters. The number of benzene rings is 1. The average molecular weight is 246 g/mol. The standard InChI is InChI=1S/C13H14N2O3/c16-8-6-14-12(17)9-15-7-5-10-3-1-2-4-11(10)13(15)18/h1-5,7,16H,6,8-9H2,(H,14,17). The van der Waals surface area contributed by atoms with E-state index >= 15 is 0 Å². The summed E-state index contributed by atoms with van der Waals surface area (Å²) in [6.45, 7) is 0.0448. The summed E-state index contributed by atoms with van der Waals surface area (Å²) < 4.78 is 1.36. The molecule has 0 spiro atoms. The van der Waals surface area contributed by atoms with Crippen molar-refractivity contribution in [3.8, 4) is 0 Å². The van der Waals surface area contributed by atoms with Gasteiger partial charge in [0.25, 0.3) is 5.56 Å². The van der Waals surface area contributed by atoms with Crippen LogP contribution in [0, 0.1) is 0 Å². The second-order valence-electron chi connectivity index (χ2n) is 3.91. The van der Waals surface area contributed by atoms with Gasteiger partial charge in [0.1, 0.15) is 6.54 Å². The van der Waals surface area contributed by atoms with Crippen LogP contribution in [-0.2, 0) is 11.3 Å². The Morgan fingerprint density at radius 1 is 1.28 bits per heavy atom. The molecular formula is C13H14N2O3. The molecule has 0 radical (unpaired) electrons. The summed E-state index contributed by atoms with van der Waals surface area (Å²) in [7, 11) is 0. The summed E-state index contributed by atoms with van der Waals surface area (Å²) in [5.41, 5.74) is -0.188. The number of amides is 1. The first-order valence-electron chi connectivity index (χ1n) is 5.68. The largest absolute Gasteiger partial charge is 0.395 e. The summed E-state index contributed by atoms with van der Waals surface area (Å²) in [5, 5.41) is 12.5. The lowest BCUT2D eigenvalue weighted by Crippen LogP contribution is -2.33. The zero-order chi connectivity index (χ0) is 13.0. The lowest BCUT2D eigenvalue weighted by atomic mass is 10.2. The van der Waals surface area contributed by atoms with Crippen molar-refractivity contribution in [3.63, 3.8) is 0 Å². The number of rotatable bonds is 4. The topological polar surface area (TPSA) is 71.3 Å². The van der Waals surface area contributed by atoms with Gasteiger partial charge in [0.15, 0.2) is 0 Å². The van der Waals surface area contributed by atoms with E-state index in [1.165, 1.54) is 4.57 Å². The molecule has 5 nitrogen and oxygen atoms in total. The molecule has 2 N–H and O–H groups in total. The number of nitrogens with zero attached hydrogens (tertiary/aromatic N) is 1. The van der Waals surface area contributed by atoms with E-state index < -0.39 is 0 Å². The molecule has 2 rings (SSSR count). The molecule has 0 atom stereocenters. The summed E-state index contributed by atoms with van der Waals surface area (Å²) in [5.74, 6) is -0.290. The molecule has 1 aromatic carbocycles. The zero-order valence-electron chi connectivity index (χ0n) is 9.80. The molecule has 0 aliphatic heterocycles. The molecule has 0 bridgehead atoms. The van der Waals surface area contributed by atoms with Gasteiger partial charge < -0.3 is 15.0 Å². The quantitative estimate of drug-likeness (QED) is 0.804. The molecule has 1 aromatic heterocycles. The maximum atomic E-state index is 12.1. The van der Waals surface area contributed by atoms with Crippen molar-refractivity contribution in [3.05, 3.63) is 46.9 Å². The van der Waals surface area contributed by atoms with Gasteiger partial charge in [0.05, 0.1) is 6.61 Å². The number of fused-ring (bicyclic) bond motifs is 1. The number of hydrogen-bond acceptors (Lipinski definition) is 3. The Labute approximate surface area is 104 Å². The van der Waals surface area contributed by atoms with E-state index in [1.807, 2.05) is 12.1 Å². The van der Waals surface area contributed by atoms with Crippen LogP contribution in [0.15, 0.2) is 41.3 Å². The molecular weight excluding hydrogens is 232 g/mol. The number of hydrogen-bond donors (Lipinski definition) is 2. The molecule has 0 fully saturated rings. The van der Waals surface area contributed by atoms with Crippen molar-refractivity contribution >= 4 is 16.7 Å². The predicted molar refractivity (Wildman–Crippen MR) is 68.3 cm³/mol. The second-order valence-corrected chi connectivity index (χ2v) is 3.91. The van der Waals surface area contributed by atoms with Crippen LogP contribution in [0.4, 0.5) is 0 Å². The van der Waals surface area contributed by atoms with Gasteiger partial charge in [-0.05, 0) is 17.5 Å². The number of aromatic nitrogens is 1. The zero-order valence-corrected chi connectivity index (χ0v) is 9.80. The minimum absolute atomic E-state index is 0.0380. The van der Waals surface area contributed by atoms with Gasteiger partial charge in [-0.25, -0.2) is 0 Å². The van der Waals surface area contributed by atoms with Crippen molar-refractivity contribution in [1.82, 2.24) is 9.88 Å². The number of nitrogens with one attached hydrogen (secondary N) is 1. The number of carbonyl (C=O) groups excluding carboxylic acids is 1. The van der Waals surface area contributed by atoms with Crippen LogP contribution in [0.5, 0.6) is 0 Å². The molecule has 94 valence electrons. The van der Waals surface area contributed by atoms with Crippen LogP contribution in [0.1, 0.15) is 0 Å². The molecule has 18 heavy (non-hydrogen) atoms. The highest BCUT2D eigenvalue weighted by atomic mass is 16.3. The van der Waals surface area contributed by atoms with Gasteiger partial charge >= 0.3 is 0 Å². The van der Waals surface area contributed by atoms with E-state index in [-0.39, 0.29) is 31.2 Å². The van der Waals surface area contributed by atoms with Crippen molar-refractivity contribution in [2.75, 3.05) is 13.2 Å².